The molecule has 0 amide bonds. The van der Waals surface area contributed by atoms with E-state index in [0.717, 1.165) is 48.0 Å². The minimum atomic E-state index is -0.0242. The normalized spacial score (nSPS) is 18.5. The molecule has 164 valence electrons. The van der Waals surface area contributed by atoms with Gasteiger partial charge in [0.15, 0.2) is 0 Å². The number of halogens is 2. The average molecular weight is 477 g/mol. The third-order valence-corrected chi connectivity index (χ3v) is 7.81. The quantitative estimate of drug-likeness (QED) is 0.568. The van der Waals surface area contributed by atoms with E-state index in [9.17, 15) is 5.26 Å². The molecule has 2 aliphatic heterocycles. The number of ether oxygens (including phenoxy) is 1. The molecule has 0 aliphatic carbocycles. The van der Waals surface area contributed by atoms with Crippen LogP contribution in [0.25, 0.3) is 0 Å². The minimum absolute atomic E-state index is 0.0242. The number of pyridine rings is 1. The number of morpholine rings is 1. The molecule has 0 bridgehead atoms. The molecule has 4 rings (SSSR count). The van der Waals surface area contributed by atoms with Crippen molar-refractivity contribution in [2.24, 2.45) is 0 Å². The summed E-state index contributed by atoms with van der Waals surface area (Å²) in [4.78, 5) is 9.69. The van der Waals surface area contributed by atoms with Crippen LogP contribution in [0.3, 0.4) is 0 Å². The number of hydrogen-bond acceptors (Lipinski definition) is 6. The Morgan fingerprint density at radius 3 is 2.65 bits per heavy atom. The van der Waals surface area contributed by atoms with Crippen molar-refractivity contribution in [3.63, 3.8) is 0 Å². The maximum absolute atomic E-state index is 10.1. The lowest BCUT2D eigenvalue weighted by molar-refractivity contribution is 0.120. The van der Waals surface area contributed by atoms with Crippen molar-refractivity contribution < 1.29 is 4.74 Å². The maximum Gasteiger partial charge on any atom is 0.134 e. The van der Waals surface area contributed by atoms with Gasteiger partial charge in [-0.05, 0) is 50.6 Å². The first kappa shape index (κ1) is 22.7. The monoisotopic (exact) mass is 476 g/mol. The van der Waals surface area contributed by atoms with E-state index < -0.39 is 0 Å². The molecular weight excluding hydrogens is 451 g/mol. The fourth-order valence-corrected chi connectivity index (χ4v) is 5.62. The number of fused-ring (bicyclic) bond motifs is 1. The largest absolute Gasteiger partial charge is 0.378 e. The van der Waals surface area contributed by atoms with Gasteiger partial charge >= 0.3 is 0 Å². The van der Waals surface area contributed by atoms with Crippen molar-refractivity contribution in [1.82, 2.24) is 9.88 Å². The van der Waals surface area contributed by atoms with Crippen LogP contribution in [0.2, 0.25) is 10.0 Å². The first-order valence-corrected chi connectivity index (χ1v) is 12.1. The number of thioether (sulfide) groups is 1. The fraction of sp³-hybridized carbons (Fsp3) is 0.478. The van der Waals surface area contributed by atoms with Crippen molar-refractivity contribution in [1.29, 1.82) is 5.26 Å². The lowest BCUT2D eigenvalue weighted by atomic mass is 9.84. The highest BCUT2D eigenvalue weighted by molar-refractivity contribution is 7.98. The topological polar surface area (TPSA) is 52.4 Å². The van der Waals surface area contributed by atoms with E-state index in [0.29, 0.717) is 34.6 Å². The zero-order valence-corrected chi connectivity index (χ0v) is 20.4. The number of anilines is 1. The van der Waals surface area contributed by atoms with Crippen molar-refractivity contribution in [2.45, 2.75) is 43.1 Å². The van der Waals surface area contributed by atoms with E-state index in [4.69, 9.17) is 32.9 Å². The summed E-state index contributed by atoms with van der Waals surface area (Å²) >= 11 is 14.0. The van der Waals surface area contributed by atoms with Crippen molar-refractivity contribution in [3.05, 3.63) is 50.5 Å². The number of nitrogens with zero attached hydrogens (tertiary/aromatic N) is 4. The van der Waals surface area contributed by atoms with E-state index in [1.54, 1.807) is 17.8 Å². The molecule has 1 aromatic heterocycles. The second-order valence-electron chi connectivity index (χ2n) is 8.65. The Bertz CT molecular complexity index is 1030. The molecule has 0 saturated carbocycles. The van der Waals surface area contributed by atoms with E-state index in [1.165, 1.54) is 5.56 Å². The molecule has 0 N–H and O–H groups in total. The van der Waals surface area contributed by atoms with Crippen LogP contribution in [0.15, 0.2) is 23.2 Å². The van der Waals surface area contributed by atoms with Crippen LogP contribution < -0.4 is 4.90 Å². The summed E-state index contributed by atoms with van der Waals surface area (Å²) in [5, 5.41) is 12.1. The molecule has 1 fully saturated rings. The number of aromatic nitrogens is 1. The van der Waals surface area contributed by atoms with Gasteiger partial charge in [-0.15, -0.1) is 11.8 Å². The van der Waals surface area contributed by atoms with Gasteiger partial charge in [0.05, 0.1) is 18.8 Å². The highest BCUT2D eigenvalue weighted by atomic mass is 35.5. The third-order valence-electron chi connectivity index (χ3n) is 6.20. The second-order valence-corrected chi connectivity index (χ2v) is 10.5. The van der Waals surface area contributed by atoms with Gasteiger partial charge in [0.25, 0.3) is 0 Å². The Morgan fingerprint density at radius 1 is 1.23 bits per heavy atom. The van der Waals surface area contributed by atoms with Gasteiger partial charge in [-0.25, -0.2) is 4.98 Å². The van der Waals surface area contributed by atoms with Crippen molar-refractivity contribution >= 4 is 40.8 Å². The standard InChI is InChI=1S/C23H26Cl2N4OS/c1-23(2)11-17-18(12-26)22(31-14-15-4-5-16(24)10-20(15)25)27-21(19(17)13-28(23)3)29-6-8-30-9-7-29/h4-5,10H,6-9,11,13-14H2,1-3H3. The summed E-state index contributed by atoms with van der Waals surface area (Å²) in [6.45, 7) is 8.25. The summed E-state index contributed by atoms with van der Waals surface area (Å²) in [5.74, 6) is 1.62. The first-order chi connectivity index (χ1) is 14.8. The molecule has 1 aromatic carbocycles. The van der Waals surface area contributed by atoms with Crippen LogP contribution in [0.4, 0.5) is 5.82 Å². The molecule has 0 atom stereocenters. The molecule has 2 aliphatic rings. The SMILES string of the molecule is CN1Cc2c(N3CCOCC3)nc(SCc3ccc(Cl)cc3Cl)c(C#N)c2CC1(C)C. The Balaban J connectivity index is 1.76. The molecule has 3 heterocycles. The zero-order chi connectivity index (χ0) is 22.2. The number of nitriles is 1. The Labute approximate surface area is 198 Å². The zero-order valence-electron chi connectivity index (χ0n) is 18.0. The van der Waals surface area contributed by atoms with Gasteiger partial charge in [-0.1, -0.05) is 29.3 Å². The molecule has 0 radical (unpaired) electrons. The maximum atomic E-state index is 10.1. The highest BCUT2D eigenvalue weighted by Gasteiger charge is 2.36. The highest BCUT2D eigenvalue weighted by Crippen LogP contribution is 2.40. The molecule has 5 nitrogen and oxygen atoms in total. The number of hydrogen-bond donors (Lipinski definition) is 0. The van der Waals surface area contributed by atoms with Crippen LogP contribution >= 0.6 is 35.0 Å². The molecule has 31 heavy (non-hydrogen) atoms. The fourth-order valence-electron chi connectivity index (χ4n) is 4.06. The van der Waals surface area contributed by atoms with E-state index >= 15 is 0 Å². The molecular formula is C23H26Cl2N4OS. The Kier molecular flexibility index (Phi) is 6.71. The van der Waals surface area contributed by atoms with Crippen LogP contribution in [-0.4, -0.2) is 48.8 Å². The number of benzene rings is 1. The predicted octanol–water partition coefficient (Wildman–Crippen LogP) is 5.16. The third kappa shape index (κ3) is 4.67. The minimum Gasteiger partial charge on any atom is -0.378 e. The van der Waals surface area contributed by atoms with Crippen molar-refractivity contribution in [2.75, 3.05) is 38.3 Å². The molecule has 1 saturated heterocycles. The van der Waals surface area contributed by atoms with Crippen LogP contribution in [-0.2, 0) is 23.5 Å². The summed E-state index contributed by atoms with van der Waals surface area (Å²) < 4.78 is 5.56. The van der Waals surface area contributed by atoms with Crippen LogP contribution in [0.5, 0.6) is 0 Å². The second kappa shape index (κ2) is 9.17. The van der Waals surface area contributed by atoms with Gasteiger partial charge < -0.3 is 9.64 Å². The average Bonchev–Trinajstić information content (AvgIpc) is 2.74. The molecule has 0 spiro atoms. The summed E-state index contributed by atoms with van der Waals surface area (Å²) in [5.41, 5.74) is 3.96. The van der Waals surface area contributed by atoms with Gasteiger partial charge in [0.2, 0.25) is 0 Å². The smallest absolute Gasteiger partial charge is 0.134 e. The van der Waals surface area contributed by atoms with E-state index in [-0.39, 0.29) is 5.54 Å². The lowest BCUT2D eigenvalue weighted by Crippen LogP contribution is -2.47. The Hall–Kier alpha value is -1.49. The Morgan fingerprint density at radius 2 is 1.97 bits per heavy atom. The van der Waals surface area contributed by atoms with Gasteiger partial charge in [0, 0.05) is 46.5 Å². The summed E-state index contributed by atoms with van der Waals surface area (Å²) in [6, 6.07) is 7.99. The number of likely N-dealkylation sites (N-methyl/N-ethyl adjacent to an activating group) is 1. The summed E-state index contributed by atoms with van der Waals surface area (Å²) in [7, 11) is 2.14. The van der Waals surface area contributed by atoms with E-state index in [2.05, 4.69) is 36.8 Å². The van der Waals surface area contributed by atoms with Gasteiger partial charge in [-0.3, -0.25) is 4.90 Å². The first-order valence-electron chi connectivity index (χ1n) is 10.4. The van der Waals surface area contributed by atoms with Crippen LogP contribution in [0, 0.1) is 11.3 Å². The predicted molar refractivity (Wildman–Crippen MR) is 127 cm³/mol. The van der Waals surface area contributed by atoms with Crippen molar-refractivity contribution in [3.8, 4) is 6.07 Å². The van der Waals surface area contributed by atoms with Gasteiger partial charge in [0.1, 0.15) is 16.9 Å². The molecule has 8 heteroatoms. The van der Waals surface area contributed by atoms with Gasteiger partial charge in [-0.2, -0.15) is 5.26 Å². The molecule has 0 unspecified atom stereocenters. The summed E-state index contributed by atoms with van der Waals surface area (Å²) in [6.07, 6.45) is 0.816. The number of rotatable bonds is 4. The molecule has 2 aromatic rings. The van der Waals surface area contributed by atoms with E-state index in [1.807, 2.05) is 12.1 Å². The van der Waals surface area contributed by atoms with Crippen LogP contribution in [0.1, 0.15) is 36.1 Å². The lowest BCUT2D eigenvalue weighted by Gasteiger charge is -2.43.